The normalized spacial score (nSPS) is 12.8. The predicted octanol–water partition coefficient (Wildman–Crippen LogP) is 2.06. The van der Waals surface area contributed by atoms with E-state index >= 15 is 0 Å². The molecule has 124 valence electrons. The van der Waals surface area contributed by atoms with Crippen LogP contribution in [0.5, 0.6) is 0 Å². The molecule has 0 saturated carbocycles. The summed E-state index contributed by atoms with van der Waals surface area (Å²) in [4.78, 5) is 32.1. The number of hydrogen-bond donors (Lipinski definition) is 0. The minimum atomic E-state index is -0.140. The number of carbonyl (C=O) groups is 2. The van der Waals surface area contributed by atoms with E-state index in [2.05, 4.69) is 4.98 Å². The van der Waals surface area contributed by atoms with Crippen LogP contribution in [0, 0.1) is 0 Å². The monoisotopic (exact) mass is 323 g/mol. The molecule has 1 aromatic carbocycles. The van der Waals surface area contributed by atoms with Gasteiger partial charge in [0.1, 0.15) is 6.42 Å². The number of amides is 2. The number of nitrogens with zero attached hydrogens (tertiary/aromatic N) is 3. The molecular formula is C19H21N3O2. The van der Waals surface area contributed by atoms with Crippen molar-refractivity contribution in [3.8, 4) is 0 Å². The van der Waals surface area contributed by atoms with Gasteiger partial charge in [-0.3, -0.25) is 14.6 Å². The highest BCUT2D eigenvalue weighted by Crippen LogP contribution is 2.27. The van der Waals surface area contributed by atoms with Gasteiger partial charge >= 0.3 is 0 Å². The van der Waals surface area contributed by atoms with Gasteiger partial charge in [-0.2, -0.15) is 0 Å². The maximum absolute atomic E-state index is 12.5. The Morgan fingerprint density at radius 1 is 1.17 bits per heavy atom. The van der Waals surface area contributed by atoms with Gasteiger partial charge in [0.15, 0.2) is 0 Å². The summed E-state index contributed by atoms with van der Waals surface area (Å²) in [5.41, 5.74) is 3.24. The first-order valence-corrected chi connectivity index (χ1v) is 8.16. The molecule has 0 bridgehead atoms. The van der Waals surface area contributed by atoms with E-state index in [1.165, 1.54) is 5.56 Å². The van der Waals surface area contributed by atoms with E-state index < -0.39 is 0 Å². The van der Waals surface area contributed by atoms with E-state index in [1.807, 2.05) is 36.4 Å². The fourth-order valence-electron chi connectivity index (χ4n) is 2.93. The van der Waals surface area contributed by atoms with Crippen LogP contribution in [0.1, 0.15) is 17.5 Å². The Morgan fingerprint density at radius 2 is 1.92 bits per heavy atom. The van der Waals surface area contributed by atoms with Crippen molar-refractivity contribution in [3.05, 3.63) is 59.9 Å². The molecular weight excluding hydrogens is 302 g/mol. The molecule has 2 amide bonds. The van der Waals surface area contributed by atoms with Gasteiger partial charge in [0.05, 0.1) is 0 Å². The minimum absolute atomic E-state index is 0.0822. The number of anilines is 1. The van der Waals surface area contributed by atoms with Gasteiger partial charge in [0.25, 0.3) is 0 Å². The molecule has 0 fully saturated rings. The van der Waals surface area contributed by atoms with Crippen molar-refractivity contribution in [2.24, 2.45) is 0 Å². The first-order chi connectivity index (χ1) is 11.6. The SMILES string of the molecule is CN(CCc1ccncc1)C(=O)CC(=O)N1CCc2ccccc21. The zero-order valence-corrected chi connectivity index (χ0v) is 13.8. The van der Waals surface area contributed by atoms with Gasteiger partial charge < -0.3 is 9.80 Å². The minimum Gasteiger partial charge on any atom is -0.345 e. The number of likely N-dealkylation sites (N-methyl/N-ethyl adjacent to an activating group) is 1. The topological polar surface area (TPSA) is 53.5 Å². The summed E-state index contributed by atoms with van der Waals surface area (Å²) >= 11 is 0. The van der Waals surface area contributed by atoms with Crippen LogP contribution >= 0.6 is 0 Å². The third-order valence-corrected chi connectivity index (χ3v) is 4.40. The molecule has 1 aromatic heterocycles. The highest BCUT2D eigenvalue weighted by molar-refractivity contribution is 6.05. The molecule has 5 heteroatoms. The van der Waals surface area contributed by atoms with Crippen molar-refractivity contribution in [2.75, 3.05) is 25.0 Å². The van der Waals surface area contributed by atoms with Crippen LogP contribution in [-0.2, 0) is 22.4 Å². The molecule has 2 heterocycles. The quantitative estimate of drug-likeness (QED) is 0.792. The fraction of sp³-hybridized carbons (Fsp3) is 0.316. The third-order valence-electron chi connectivity index (χ3n) is 4.40. The summed E-state index contributed by atoms with van der Waals surface area (Å²) in [6.45, 7) is 1.25. The Labute approximate surface area is 141 Å². The van der Waals surface area contributed by atoms with Gasteiger partial charge in [-0.15, -0.1) is 0 Å². The van der Waals surface area contributed by atoms with Crippen LogP contribution in [0.15, 0.2) is 48.8 Å². The van der Waals surface area contributed by atoms with E-state index in [-0.39, 0.29) is 18.2 Å². The number of pyridine rings is 1. The Hall–Kier alpha value is -2.69. The Bertz CT molecular complexity index is 730. The molecule has 0 N–H and O–H groups in total. The lowest BCUT2D eigenvalue weighted by molar-refractivity contribution is -0.134. The molecule has 0 spiro atoms. The average molecular weight is 323 g/mol. The molecule has 5 nitrogen and oxygen atoms in total. The van der Waals surface area contributed by atoms with Crippen LogP contribution in [0.3, 0.4) is 0 Å². The van der Waals surface area contributed by atoms with Crippen molar-refractivity contribution < 1.29 is 9.59 Å². The van der Waals surface area contributed by atoms with E-state index in [9.17, 15) is 9.59 Å². The fourth-order valence-corrected chi connectivity index (χ4v) is 2.93. The number of carbonyl (C=O) groups excluding carboxylic acids is 2. The molecule has 2 aromatic rings. The number of para-hydroxylation sites is 1. The van der Waals surface area contributed by atoms with Crippen LogP contribution in [0.25, 0.3) is 0 Å². The molecule has 0 aliphatic carbocycles. The largest absolute Gasteiger partial charge is 0.345 e. The first-order valence-electron chi connectivity index (χ1n) is 8.16. The molecule has 0 unspecified atom stereocenters. The third kappa shape index (κ3) is 3.62. The van der Waals surface area contributed by atoms with Crippen molar-refractivity contribution >= 4 is 17.5 Å². The van der Waals surface area contributed by atoms with E-state index in [1.54, 1.807) is 29.2 Å². The number of hydrogen-bond acceptors (Lipinski definition) is 3. The van der Waals surface area contributed by atoms with Crippen LogP contribution in [0.2, 0.25) is 0 Å². The molecule has 0 saturated heterocycles. The van der Waals surface area contributed by atoms with Crippen LogP contribution < -0.4 is 4.90 Å². The predicted molar refractivity (Wildman–Crippen MR) is 92.7 cm³/mol. The molecule has 24 heavy (non-hydrogen) atoms. The van der Waals surface area contributed by atoms with Crippen molar-refractivity contribution in [1.29, 1.82) is 0 Å². The highest BCUT2D eigenvalue weighted by Gasteiger charge is 2.26. The van der Waals surface area contributed by atoms with Crippen molar-refractivity contribution in [2.45, 2.75) is 19.3 Å². The Morgan fingerprint density at radius 3 is 2.71 bits per heavy atom. The first kappa shape index (κ1) is 16.2. The second kappa shape index (κ2) is 7.25. The van der Waals surface area contributed by atoms with Crippen LogP contribution in [-0.4, -0.2) is 41.8 Å². The Balaban J connectivity index is 1.54. The van der Waals surface area contributed by atoms with E-state index in [0.29, 0.717) is 13.1 Å². The molecule has 3 rings (SSSR count). The second-order valence-corrected chi connectivity index (χ2v) is 6.02. The standard InChI is InChI=1S/C19H21N3O2/c1-21(12-8-15-6-10-20-11-7-15)18(23)14-19(24)22-13-9-16-4-2-3-5-17(16)22/h2-7,10-11H,8-9,12-14H2,1H3. The number of rotatable bonds is 5. The Kier molecular flexibility index (Phi) is 4.89. The van der Waals surface area contributed by atoms with Gasteiger partial charge in [-0.25, -0.2) is 0 Å². The van der Waals surface area contributed by atoms with Crippen LogP contribution in [0.4, 0.5) is 5.69 Å². The lowest BCUT2D eigenvalue weighted by Gasteiger charge is -2.20. The van der Waals surface area contributed by atoms with Gasteiger partial charge in [0.2, 0.25) is 11.8 Å². The molecule has 1 aliphatic rings. The molecule has 1 aliphatic heterocycles. The highest BCUT2D eigenvalue weighted by atomic mass is 16.2. The molecule has 0 atom stereocenters. The van der Waals surface area contributed by atoms with Gasteiger partial charge in [-0.05, 0) is 42.2 Å². The maximum Gasteiger partial charge on any atom is 0.236 e. The lowest BCUT2D eigenvalue weighted by atomic mass is 10.2. The summed E-state index contributed by atoms with van der Waals surface area (Å²) in [6, 6.07) is 11.7. The van der Waals surface area contributed by atoms with E-state index in [4.69, 9.17) is 0 Å². The summed E-state index contributed by atoms with van der Waals surface area (Å²) in [6.07, 6.45) is 5.01. The number of benzene rings is 1. The van der Waals surface area contributed by atoms with E-state index in [0.717, 1.165) is 24.1 Å². The van der Waals surface area contributed by atoms with Gasteiger partial charge in [-0.1, -0.05) is 18.2 Å². The summed E-state index contributed by atoms with van der Waals surface area (Å²) < 4.78 is 0. The van der Waals surface area contributed by atoms with Gasteiger partial charge in [0, 0.05) is 38.2 Å². The second-order valence-electron chi connectivity index (χ2n) is 6.02. The lowest BCUT2D eigenvalue weighted by Crippen LogP contribution is -2.36. The number of aromatic nitrogens is 1. The maximum atomic E-state index is 12.5. The summed E-state index contributed by atoms with van der Waals surface area (Å²) in [5.74, 6) is -0.265. The average Bonchev–Trinajstić information content (AvgIpc) is 3.04. The smallest absolute Gasteiger partial charge is 0.236 e. The zero-order chi connectivity index (χ0) is 16.9. The summed E-state index contributed by atoms with van der Waals surface area (Å²) in [7, 11) is 1.74. The van der Waals surface area contributed by atoms with Crippen molar-refractivity contribution in [1.82, 2.24) is 9.88 Å². The number of fused-ring (bicyclic) bond motifs is 1. The zero-order valence-electron chi connectivity index (χ0n) is 13.8. The van der Waals surface area contributed by atoms with Crippen molar-refractivity contribution in [3.63, 3.8) is 0 Å². The summed E-state index contributed by atoms with van der Waals surface area (Å²) in [5, 5.41) is 0. The molecule has 0 radical (unpaired) electrons.